The molecule has 1 heterocycles. The average molecular weight is 206 g/mol. The van der Waals surface area contributed by atoms with Crippen LogP contribution < -0.4 is 5.32 Å². The lowest BCUT2D eigenvalue weighted by molar-refractivity contribution is -0.123. The maximum Gasteiger partial charge on any atom is 0.229 e. The van der Waals surface area contributed by atoms with E-state index in [2.05, 4.69) is 10.3 Å². The van der Waals surface area contributed by atoms with E-state index in [-0.39, 0.29) is 11.3 Å². The van der Waals surface area contributed by atoms with Crippen LogP contribution in [0, 0.1) is 19.3 Å². The molecule has 0 atom stereocenters. The Labute approximate surface area is 90.9 Å². The highest BCUT2D eigenvalue weighted by molar-refractivity contribution is 5.94. The first-order valence-electron chi connectivity index (χ1n) is 5.06. The Balaban J connectivity index is 2.87. The van der Waals surface area contributed by atoms with Crippen molar-refractivity contribution in [2.75, 3.05) is 5.32 Å². The van der Waals surface area contributed by atoms with Gasteiger partial charge in [0.15, 0.2) is 0 Å². The summed E-state index contributed by atoms with van der Waals surface area (Å²) in [5, 5.41) is 2.88. The van der Waals surface area contributed by atoms with Crippen LogP contribution >= 0.6 is 0 Å². The molecule has 0 aliphatic heterocycles. The van der Waals surface area contributed by atoms with Crippen LogP contribution in [0.3, 0.4) is 0 Å². The molecule has 82 valence electrons. The van der Waals surface area contributed by atoms with E-state index < -0.39 is 0 Å². The Bertz CT molecular complexity index is 378. The van der Waals surface area contributed by atoms with Crippen LogP contribution in [-0.4, -0.2) is 10.9 Å². The van der Waals surface area contributed by atoms with E-state index in [9.17, 15) is 4.79 Å². The summed E-state index contributed by atoms with van der Waals surface area (Å²) < 4.78 is 0. The highest BCUT2D eigenvalue weighted by Crippen LogP contribution is 2.19. The fraction of sp³-hybridized carbons (Fsp3) is 0.500. The predicted octanol–water partition coefficient (Wildman–Crippen LogP) is 2.68. The number of aromatic nitrogens is 1. The van der Waals surface area contributed by atoms with Gasteiger partial charge >= 0.3 is 0 Å². The number of anilines is 1. The van der Waals surface area contributed by atoms with Gasteiger partial charge in [0, 0.05) is 11.1 Å². The van der Waals surface area contributed by atoms with E-state index in [0.717, 1.165) is 17.1 Å². The van der Waals surface area contributed by atoms with E-state index in [4.69, 9.17) is 0 Å². The first-order chi connectivity index (χ1) is 6.80. The fourth-order valence-electron chi connectivity index (χ4n) is 1.13. The minimum atomic E-state index is -0.378. The van der Waals surface area contributed by atoms with Crippen molar-refractivity contribution in [1.29, 1.82) is 0 Å². The van der Waals surface area contributed by atoms with Crippen molar-refractivity contribution in [2.24, 2.45) is 5.41 Å². The number of hydrogen-bond donors (Lipinski definition) is 1. The Morgan fingerprint density at radius 2 is 1.87 bits per heavy atom. The van der Waals surface area contributed by atoms with E-state index in [1.165, 1.54) is 0 Å². The fourth-order valence-corrected chi connectivity index (χ4v) is 1.13. The molecule has 0 saturated carbocycles. The van der Waals surface area contributed by atoms with Gasteiger partial charge in [0.25, 0.3) is 0 Å². The highest BCUT2D eigenvalue weighted by atomic mass is 16.2. The molecular weight excluding hydrogens is 188 g/mol. The van der Waals surface area contributed by atoms with Gasteiger partial charge in [0.05, 0.1) is 11.4 Å². The van der Waals surface area contributed by atoms with Crippen molar-refractivity contribution >= 4 is 11.6 Å². The molecule has 0 spiro atoms. The second kappa shape index (κ2) is 4.01. The lowest BCUT2D eigenvalue weighted by Crippen LogP contribution is -2.28. The van der Waals surface area contributed by atoms with Gasteiger partial charge in [-0.3, -0.25) is 9.78 Å². The SMILES string of the molecule is Cc1ccc(NC(=O)C(C)(C)C)c(C)n1. The summed E-state index contributed by atoms with van der Waals surface area (Å²) in [6.07, 6.45) is 0. The zero-order valence-electron chi connectivity index (χ0n) is 10.0. The van der Waals surface area contributed by atoms with E-state index in [1.807, 2.05) is 46.8 Å². The standard InChI is InChI=1S/C12H18N2O/c1-8-6-7-10(9(2)13-8)14-11(15)12(3,4)5/h6-7H,1-5H3,(H,14,15). The second-order valence-electron chi connectivity index (χ2n) is 4.79. The van der Waals surface area contributed by atoms with Crippen LogP contribution in [-0.2, 0) is 4.79 Å². The molecule has 3 heteroatoms. The number of pyridine rings is 1. The molecule has 0 aliphatic rings. The Morgan fingerprint density at radius 1 is 1.27 bits per heavy atom. The summed E-state index contributed by atoms with van der Waals surface area (Å²) in [5.74, 6) is 0.0104. The van der Waals surface area contributed by atoms with Crippen molar-refractivity contribution in [3.8, 4) is 0 Å². The van der Waals surface area contributed by atoms with Crippen LogP contribution in [0.15, 0.2) is 12.1 Å². The summed E-state index contributed by atoms with van der Waals surface area (Å²) in [6, 6.07) is 3.78. The van der Waals surface area contributed by atoms with Gasteiger partial charge in [-0.2, -0.15) is 0 Å². The monoisotopic (exact) mass is 206 g/mol. The molecule has 1 aromatic rings. The Hall–Kier alpha value is -1.38. The molecule has 0 saturated heterocycles. The summed E-state index contributed by atoms with van der Waals surface area (Å²) in [7, 11) is 0. The molecule has 15 heavy (non-hydrogen) atoms. The first-order valence-corrected chi connectivity index (χ1v) is 5.06. The zero-order valence-corrected chi connectivity index (χ0v) is 10.0. The van der Waals surface area contributed by atoms with Crippen LogP contribution in [0.25, 0.3) is 0 Å². The Kier molecular flexibility index (Phi) is 3.12. The van der Waals surface area contributed by atoms with Crippen LogP contribution in [0.5, 0.6) is 0 Å². The van der Waals surface area contributed by atoms with Crippen molar-refractivity contribution in [3.63, 3.8) is 0 Å². The molecular formula is C12H18N2O. The minimum absolute atomic E-state index is 0.0104. The molecule has 0 radical (unpaired) electrons. The number of nitrogens with zero attached hydrogens (tertiary/aromatic N) is 1. The molecule has 1 amide bonds. The third-order valence-corrected chi connectivity index (χ3v) is 2.15. The first kappa shape index (κ1) is 11.7. The quantitative estimate of drug-likeness (QED) is 0.767. The van der Waals surface area contributed by atoms with Gasteiger partial charge in [-0.05, 0) is 26.0 Å². The molecule has 1 N–H and O–H groups in total. The van der Waals surface area contributed by atoms with Crippen LogP contribution in [0.4, 0.5) is 5.69 Å². The molecule has 0 aromatic carbocycles. The highest BCUT2D eigenvalue weighted by Gasteiger charge is 2.21. The molecule has 1 rings (SSSR count). The lowest BCUT2D eigenvalue weighted by atomic mass is 9.95. The largest absolute Gasteiger partial charge is 0.324 e. The number of hydrogen-bond acceptors (Lipinski definition) is 2. The molecule has 1 aromatic heterocycles. The predicted molar refractivity (Wildman–Crippen MR) is 61.8 cm³/mol. The van der Waals surface area contributed by atoms with Gasteiger partial charge < -0.3 is 5.32 Å². The summed E-state index contributed by atoms with van der Waals surface area (Å²) >= 11 is 0. The molecule has 0 aliphatic carbocycles. The number of amides is 1. The number of carbonyl (C=O) groups excluding carboxylic acids is 1. The van der Waals surface area contributed by atoms with E-state index in [1.54, 1.807) is 0 Å². The number of rotatable bonds is 1. The maximum atomic E-state index is 11.7. The molecule has 0 unspecified atom stereocenters. The van der Waals surface area contributed by atoms with Crippen molar-refractivity contribution in [2.45, 2.75) is 34.6 Å². The lowest BCUT2D eigenvalue weighted by Gasteiger charge is -2.18. The van der Waals surface area contributed by atoms with Crippen molar-refractivity contribution in [3.05, 3.63) is 23.5 Å². The van der Waals surface area contributed by atoms with E-state index >= 15 is 0 Å². The summed E-state index contributed by atoms with van der Waals surface area (Å²) in [5.41, 5.74) is 2.23. The van der Waals surface area contributed by atoms with Gasteiger partial charge in [0.2, 0.25) is 5.91 Å². The third kappa shape index (κ3) is 3.05. The number of carbonyl (C=O) groups is 1. The average Bonchev–Trinajstić information content (AvgIpc) is 2.08. The second-order valence-corrected chi connectivity index (χ2v) is 4.79. The third-order valence-electron chi connectivity index (χ3n) is 2.15. The Morgan fingerprint density at radius 3 is 2.33 bits per heavy atom. The topological polar surface area (TPSA) is 42.0 Å². The maximum absolute atomic E-state index is 11.7. The van der Waals surface area contributed by atoms with Gasteiger partial charge in [0.1, 0.15) is 0 Å². The van der Waals surface area contributed by atoms with Crippen molar-refractivity contribution in [1.82, 2.24) is 4.98 Å². The molecule has 0 fully saturated rings. The molecule has 0 bridgehead atoms. The van der Waals surface area contributed by atoms with Gasteiger partial charge in [-0.15, -0.1) is 0 Å². The smallest absolute Gasteiger partial charge is 0.229 e. The normalized spacial score (nSPS) is 11.3. The van der Waals surface area contributed by atoms with Crippen LogP contribution in [0.2, 0.25) is 0 Å². The minimum Gasteiger partial charge on any atom is -0.324 e. The van der Waals surface area contributed by atoms with Crippen molar-refractivity contribution < 1.29 is 4.79 Å². The summed E-state index contributed by atoms with van der Waals surface area (Å²) in [4.78, 5) is 16.0. The molecule has 3 nitrogen and oxygen atoms in total. The van der Waals surface area contributed by atoms with Gasteiger partial charge in [-0.1, -0.05) is 20.8 Å². The zero-order chi connectivity index (χ0) is 11.6. The van der Waals surface area contributed by atoms with Gasteiger partial charge in [-0.25, -0.2) is 0 Å². The summed E-state index contributed by atoms with van der Waals surface area (Å²) in [6.45, 7) is 9.49. The van der Waals surface area contributed by atoms with E-state index in [0.29, 0.717) is 0 Å². The number of aryl methyl sites for hydroxylation is 2. The number of nitrogens with one attached hydrogen (secondary N) is 1. The van der Waals surface area contributed by atoms with Crippen LogP contribution in [0.1, 0.15) is 32.2 Å².